The molecule has 96 valence electrons. The van der Waals surface area contributed by atoms with Crippen molar-refractivity contribution in [1.82, 2.24) is 15.1 Å². The van der Waals surface area contributed by atoms with E-state index >= 15 is 0 Å². The Morgan fingerprint density at radius 1 is 1.41 bits per heavy atom. The standard InChI is InChI=1S/C14H25N3/c1-6-7-8-9-17-13(5)14(12(4)16-17)10-15-11(2)3/h6,11,15H,1,7-10H2,2-5H3. The van der Waals surface area contributed by atoms with Gasteiger partial charge in [-0.25, -0.2) is 0 Å². The first-order valence-corrected chi connectivity index (χ1v) is 6.43. The maximum atomic E-state index is 4.60. The third-order valence-electron chi connectivity index (χ3n) is 3.00. The average molecular weight is 235 g/mol. The predicted molar refractivity (Wildman–Crippen MR) is 73.1 cm³/mol. The van der Waals surface area contributed by atoms with Gasteiger partial charge >= 0.3 is 0 Å². The second-order valence-corrected chi connectivity index (χ2v) is 4.84. The Labute approximate surface area is 105 Å². The van der Waals surface area contributed by atoms with E-state index in [1.807, 2.05) is 6.08 Å². The van der Waals surface area contributed by atoms with Gasteiger partial charge in [0.25, 0.3) is 0 Å². The monoisotopic (exact) mass is 235 g/mol. The van der Waals surface area contributed by atoms with Gasteiger partial charge in [0.05, 0.1) is 5.69 Å². The van der Waals surface area contributed by atoms with Crippen LogP contribution in [0, 0.1) is 13.8 Å². The molecule has 0 atom stereocenters. The Morgan fingerprint density at radius 2 is 2.12 bits per heavy atom. The highest BCUT2D eigenvalue weighted by Crippen LogP contribution is 2.13. The van der Waals surface area contributed by atoms with E-state index < -0.39 is 0 Å². The van der Waals surface area contributed by atoms with Crippen LogP contribution in [0.2, 0.25) is 0 Å². The molecule has 0 amide bonds. The van der Waals surface area contributed by atoms with E-state index in [1.165, 1.54) is 11.3 Å². The van der Waals surface area contributed by atoms with Crippen molar-refractivity contribution < 1.29 is 0 Å². The molecule has 3 nitrogen and oxygen atoms in total. The number of hydrogen-bond acceptors (Lipinski definition) is 2. The van der Waals surface area contributed by atoms with Gasteiger partial charge in [0.1, 0.15) is 0 Å². The second-order valence-electron chi connectivity index (χ2n) is 4.84. The lowest BCUT2D eigenvalue weighted by atomic mass is 10.2. The number of rotatable bonds is 7. The van der Waals surface area contributed by atoms with Gasteiger partial charge in [-0.15, -0.1) is 6.58 Å². The summed E-state index contributed by atoms with van der Waals surface area (Å²) in [5.41, 5.74) is 3.78. The summed E-state index contributed by atoms with van der Waals surface area (Å²) >= 11 is 0. The zero-order valence-electron chi connectivity index (χ0n) is 11.6. The van der Waals surface area contributed by atoms with Crippen LogP contribution in [0.3, 0.4) is 0 Å². The van der Waals surface area contributed by atoms with Gasteiger partial charge in [-0.3, -0.25) is 4.68 Å². The van der Waals surface area contributed by atoms with Crippen molar-refractivity contribution in [3.05, 3.63) is 29.6 Å². The zero-order valence-corrected chi connectivity index (χ0v) is 11.6. The fourth-order valence-corrected chi connectivity index (χ4v) is 1.90. The van der Waals surface area contributed by atoms with E-state index in [9.17, 15) is 0 Å². The summed E-state index contributed by atoms with van der Waals surface area (Å²) in [6, 6.07) is 0.512. The maximum absolute atomic E-state index is 4.60. The minimum atomic E-state index is 0.512. The van der Waals surface area contributed by atoms with E-state index in [1.54, 1.807) is 0 Å². The molecule has 3 heteroatoms. The molecule has 1 N–H and O–H groups in total. The van der Waals surface area contributed by atoms with Gasteiger partial charge in [-0.1, -0.05) is 19.9 Å². The number of aromatic nitrogens is 2. The van der Waals surface area contributed by atoms with Gasteiger partial charge in [0.15, 0.2) is 0 Å². The molecule has 0 aliphatic heterocycles. The minimum absolute atomic E-state index is 0.512. The van der Waals surface area contributed by atoms with Crippen LogP contribution in [0.15, 0.2) is 12.7 Å². The number of unbranched alkanes of at least 4 members (excludes halogenated alkanes) is 1. The van der Waals surface area contributed by atoms with Crippen molar-refractivity contribution >= 4 is 0 Å². The van der Waals surface area contributed by atoms with E-state index in [0.29, 0.717) is 6.04 Å². The highest BCUT2D eigenvalue weighted by Gasteiger charge is 2.10. The first kappa shape index (κ1) is 14.0. The summed E-state index contributed by atoms with van der Waals surface area (Å²) in [5.74, 6) is 0. The van der Waals surface area contributed by atoms with Crippen LogP contribution in [0.25, 0.3) is 0 Å². The first-order chi connectivity index (χ1) is 8.06. The van der Waals surface area contributed by atoms with Crippen molar-refractivity contribution in [3.63, 3.8) is 0 Å². The van der Waals surface area contributed by atoms with Gasteiger partial charge < -0.3 is 5.32 Å². The minimum Gasteiger partial charge on any atom is -0.310 e. The molecule has 17 heavy (non-hydrogen) atoms. The third kappa shape index (κ3) is 4.00. The molecule has 0 saturated heterocycles. The zero-order chi connectivity index (χ0) is 12.8. The quantitative estimate of drug-likeness (QED) is 0.581. The lowest BCUT2D eigenvalue weighted by Crippen LogP contribution is -2.22. The van der Waals surface area contributed by atoms with Crippen molar-refractivity contribution in [2.45, 2.75) is 59.7 Å². The van der Waals surface area contributed by atoms with Gasteiger partial charge in [0.2, 0.25) is 0 Å². The van der Waals surface area contributed by atoms with Crippen LogP contribution in [0.1, 0.15) is 43.6 Å². The van der Waals surface area contributed by atoms with Crippen molar-refractivity contribution in [2.75, 3.05) is 0 Å². The molecule has 1 aromatic rings. The van der Waals surface area contributed by atoms with Crippen molar-refractivity contribution in [1.29, 1.82) is 0 Å². The topological polar surface area (TPSA) is 29.9 Å². The first-order valence-electron chi connectivity index (χ1n) is 6.43. The third-order valence-corrected chi connectivity index (χ3v) is 3.00. The molecule has 1 rings (SSSR count). The normalized spacial score (nSPS) is 11.1. The smallest absolute Gasteiger partial charge is 0.0641 e. The van der Waals surface area contributed by atoms with E-state index in [-0.39, 0.29) is 0 Å². The van der Waals surface area contributed by atoms with Crippen LogP contribution >= 0.6 is 0 Å². The molecule has 0 fully saturated rings. The summed E-state index contributed by atoms with van der Waals surface area (Å²) in [6.45, 7) is 14.2. The lowest BCUT2D eigenvalue weighted by molar-refractivity contribution is 0.561. The molecule has 0 aliphatic carbocycles. The summed E-state index contributed by atoms with van der Waals surface area (Å²) in [4.78, 5) is 0. The van der Waals surface area contributed by atoms with Crippen LogP contribution in [-0.2, 0) is 13.1 Å². The predicted octanol–water partition coefficient (Wildman–Crippen LogP) is 2.96. The molecule has 0 radical (unpaired) electrons. The van der Waals surface area contributed by atoms with Crippen LogP contribution in [0.5, 0.6) is 0 Å². The lowest BCUT2D eigenvalue weighted by Gasteiger charge is -2.08. The molecule has 0 aliphatic rings. The Balaban J connectivity index is 2.68. The summed E-state index contributed by atoms with van der Waals surface area (Å²) in [7, 11) is 0. The van der Waals surface area contributed by atoms with E-state index in [4.69, 9.17) is 0 Å². The molecule has 1 heterocycles. The highest BCUT2D eigenvalue weighted by molar-refractivity contribution is 5.24. The van der Waals surface area contributed by atoms with Gasteiger partial charge in [-0.05, 0) is 26.7 Å². The molecule has 0 unspecified atom stereocenters. The maximum Gasteiger partial charge on any atom is 0.0641 e. The van der Waals surface area contributed by atoms with Crippen LogP contribution in [0.4, 0.5) is 0 Å². The second kappa shape index (κ2) is 6.60. The number of nitrogens with one attached hydrogen (secondary N) is 1. The summed E-state index contributed by atoms with van der Waals surface area (Å²) in [6.07, 6.45) is 4.13. The number of allylic oxidation sites excluding steroid dienone is 1. The van der Waals surface area contributed by atoms with Crippen molar-refractivity contribution in [3.8, 4) is 0 Å². The molecule has 1 aromatic heterocycles. The Bertz CT molecular complexity index is 364. The Morgan fingerprint density at radius 3 is 2.71 bits per heavy atom. The van der Waals surface area contributed by atoms with Crippen molar-refractivity contribution in [2.24, 2.45) is 0 Å². The largest absolute Gasteiger partial charge is 0.310 e. The molecular weight excluding hydrogens is 210 g/mol. The Kier molecular flexibility index (Phi) is 5.42. The molecule has 0 aromatic carbocycles. The average Bonchev–Trinajstić information content (AvgIpc) is 2.52. The summed E-state index contributed by atoms with van der Waals surface area (Å²) < 4.78 is 2.12. The summed E-state index contributed by atoms with van der Waals surface area (Å²) in [5, 5.41) is 8.06. The van der Waals surface area contributed by atoms with Gasteiger partial charge in [0, 0.05) is 30.4 Å². The number of aryl methyl sites for hydroxylation is 2. The number of hydrogen-bond donors (Lipinski definition) is 1. The molecule has 0 bridgehead atoms. The fraction of sp³-hybridized carbons (Fsp3) is 0.643. The van der Waals surface area contributed by atoms with E-state index in [0.717, 1.165) is 31.6 Å². The van der Waals surface area contributed by atoms with Gasteiger partial charge in [-0.2, -0.15) is 5.10 Å². The SMILES string of the molecule is C=CCCCn1nc(C)c(CNC(C)C)c1C. The fourth-order valence-electron chi connectivity index (χ4n) is 1.90. The number of nitrogens with zero attached hydrogens (tertiary/aromatic N) is 2. The molecule has 0 spiro atoms. The van der Waals surface area contributed by atoms with E-state index in [2.05, 4.69) is 49.4 Å². The Hall–Kier alpha value is -1.09. The highest BCUT2D eigenvalue weighted by atomic mass is 15.3. The molecular formula is C14H25N3. The van der Waals surface area contributed by atoms with Crippen LogP contribution in [-0.4, -0.2) is 15.8 Å². The molecule has 0 saturated carbocycles. The van der Waals surface area contributed by atoms with Crippen LogP contribution < -0.4 is 5.32 Å².